The van der Waals surface area contributed by atoms with Gasteiger partial charge in [-0.25, -0.2) is 0 Å². The van der Waals surface area contributed by atoms with Gasteiger partial charge in [0, 0.05) is 93.1 Å². The number of Topliss-reactive ketones (excluding diaryl/α,β-unsaturated/α-hetero) is 2. The average molecular weight is 1380 g/mol. The molecular formula is C71H126N10O16. The van der Waals surface area contributed by atoms with Crippen molar-refractivity contribution in [3.8, 4) is 0 Å². The number of aliphatic hydroxyl groups is 1. The Balaban J connectivity index is 2.99. The number of hydrogen-bond donors (Lipinski definition) is 4. The van der Waals surface area contributed by atoms with Crippen LogP contribution in [0.3, 0.4) is 0 Å². The summed E-state index contributed by atoms with van der Waals surface area (Å²) in [6.45, 7) is 31.5. The van der Waals surface area contributed by atoms with Gasteiger partial charge in [0.15, 0.2) is 11.6 Å². The molecule has 0 saturated carbocycles. The van der Waals surface area contributed by atoms with Gasteiger partial charge in [-0.1, -0.05) is 90.0 Å². The van der Waals surface area contributed by atoms with Gasteiger partial charge < -0.3 is 64.7 Å². The van der Waals surface area contributed by atoms with Crippen LogP contribution < -0.4 is 16.0 Å². The third-order valence-corrected chi connectivity index (χ3v) is 19.3. The minimum Gasteiger partial charge on any atom is -0.469 e. The third kappa shape index (κ3) is 25.8. The molecule has 2 rings (SSSR count). The second-order valence-electron chi connectivity index (χ2n) is 29.4. The smallest absolute Gasteiger partial charge is 0.305 e. The first-order valence-corrected chi connectivity index (χ1v) is 35.4. The molecule has 0 aromatic carbocycles. The SMILES string of the molecule is CC[C@@H]1NC(=O)[C@H]([C@H](O)[C@H](C)CCCC(=O)OC)NC(=O)[C@H](C(C)C)N(C)C(=O)[C@H](CC(C)C)N(C)C(=O)[C@H](CC(C)C)N(C)C(=O)[C@@H](C)NC(=O)[C@H](C)CC(=O)[C@H](CC(C)C)N(C)C(=O)[C@H](C(C)C)CC(=O)[C@H]([C@@H](C)OCCCCN2CCOCC2)N(C)C(=O)[C@@H](C)N(C)C1=O. The highest BCUT2D eigenvalue weighted by Gasteiger charge is 2.45. The van der Waals surface area contributed by atoms with Crippen molar-refractivity contribution >= 4 is 70.7 Å². The van der Waals surface area contributed by atoms with Crippen LogP contribution in [0.15, 0.2) is 0 Å². The number of esters is 1. The number of aliphatic hydroxyl groups excluding tert-OH is 1. The number of nitrogens with one attached hydrogen (secondary N) is 3. The molecule has 2 aliphatic heterocycles. The lowest BCUT2D eigenvalue weighted by atomic mass is 9.85. The summed E-state index contributed by atoms with van der Waals surface area (Å²) in [4.78, 5) is 185. The number of carbonyl (C=O) groups excluding carboxylic acids is 12. The van der Waals surface area contributed by atoms with E-state index in [0.717, 1.165) is 31.0 Å². The van der Waals surface area contributed by atoms with Crippen molar-refractivity contribution in [2.45, 2.75) is 248 Å². The van der Waals surface area contributed by atoms with Gasteiger partial charge in [0.1, 0.15) is 48.3 Å². The maximum Gasteiger partial charge on any atom is 0.305 e. The molecule has 14 atom stereocenters. The number of amides is 9. The minimum atomic E-state index is -1.77. The Morgan fingerprint density at radius 3 is 1.59 bits per heavy atom. The number of methoxy groups -OCH3 is 1. The quantitative estimate of drug-likeness (QED) is 0.0865. The highest BCUT2D eigenvalue weighted by Crippen LogP contribution is 2.28. The molecule has 4 N–H and O–H groups in total. The molecule has 0 aliphatic carbocycles. The van der Waals surface area contributed by atoms with E-state index in [-0.39, 0.29) is 82.1 Å². The molecule has 2 aliphatic rings. The van der Waals surface area contributed by atoms with Crippen molar-refractivity contribution in [1.82, 2.24) is 50.2 Å². The Labute approximate surface area is 579 Å². The van der Waals surface area contributed by atoms with E-state index in [1.54, 1.807) is 55.4 Å². The minimum absolute atomic E-state index is 0.00559. The molecule has 0 bridgehead atoms. The fourth-order valence-electron chi connectivity index (χ4n) is 12.9. The van der Waals surface area contributed by atoms with Crippen LogP contribution in [0.2, 0.25) is 0 Å². The topological polar surface area (TPSA) is 312 Å². The molecular weight excluding hydrogens is 1250 g/mol. The third-order valence-electron chi connectivity index (χ3n) is 19.3. The van der Waals surface area contributed by atoms with E-state index in [9.17, 15) is 43.5 Å². The maximum absolute atomic E-state index is 15.2. The molecule has 0 aromatic heterocycles. The van der Waals surface area contributed by atoms with E-state index < -0.39 is 167 Å². The maximum atomic E-state index is 15.2. The predicted octanol–water partition coefficient (Wildman–Crippen LogP) is 4.35. The second-order valence-corrected chi connectivity index (χ2v) is 29.4. The van der Waals surface area contributed by atoms with Crippen LogP contribution in [-0.2, 0) is 71.7 Å². The Bertz CT molecular complexity index is 2610. The highest BCUT2D eigenvalue weighted by atomic mass is 16.5. The largest absolute Gasteiger partial charge is 0.469 e. The number of morpholine rings is 1. The van der Waals surface area contributed by atoms with Gasteiger partial charge in [0.2, 0.25) is 53.2 Å². The Morgan fingerprint density at radius 1 is 0.557 bits per heavy atom. The van der Waals surface area contributed by atoms with Crippen molar-refractivity contribution in [2.75, 3.05) is 88.9 Å². The van der Waals surface area contributed by atoms with E-state index in [4.69, 9.17) is 14.2 Å². The van der Waals surface area contributed by atoms with Gasteiger partial charge in [-0.3, -0.25) is 62.4 Å². The van der Waals surface area contributed by atoms with Gasteiger partial charge in [-0.15, -0.1) is 0 Å². The number of likely N-dealkylation sites (N-methyl/N-ethyl adjacent to an activating group) is 6. The van der Waals surface area contributed by atoms with Crippen LogP contribution in [0.4, 0.5) is 0 Å². The summed E-state index contributed by atoms with van der Waals surface area (Å²) in [6.07, 6.45) is -1.02. The van der Waals surface area contributed by atoms with Crippen LogP contribution in [0.5, 0.6) is 0 Å². The van der Waals surface area contributed by atoms with Gasteiger partial charge in [-0.05, 0) is 114 Å². The van der Waals surface area contributed by atoms with Crippen LogP contribution in [-0.4, -0.2) is 266 Å². The summed E-state index contributed by atoms with van der Waals surface area (Å²) in [5.41, 5.74) is 0. The molecule has 97 heavy (non-hydrogen) atoms. The molecule has 0 spiro atoms. The molecule has 0 unspecified atom stereocenters. The van der Waals surface area contributed by atoms with Crippen molar-refractivity contribution in [3.05, 3.63) is 0 Å². The van der Waals surface area contributed by atoms with Crippen LogP contribution in [0.1, 0.15) is 181 Å². The first-order valence-electron chi connectivity index (χ1n) is 35.4. The fourth-order valence-corrected chi connectivity index (χ4v) is 12.9. The molecule has 26 nitrogen and oxygen atoms in total. The number of nitrogens with zero attached hydrogens (tertiary/aromatic N) is 7. The Kier molecular flexibility index (Phi) is 37.2. The number of hydrogen-bond acceptors (Lipinski definition) is 17. The summed E-state index contributed by atoms with van der Waals surface area (Å²) < 4.78 is 16.7. The summed E-state index contributed by atoms with van der Waals surface area (Å²) in [7, 11) is 9.84. The van der Waals surface area contributed by atoms with Crippen LogP contribution in [0, 0.1) is 47.3 Å². The Morgan fingerprint density at radius 2 is 1.07 bits per heavy atom. The van der Waals surface area contributed by atoms with E-state index >= 15 is 19.2 Å². The lowest BCUT2D eigenvalue weighted by molar-refractivity contribution is -0.154. The van der Waals surface area contributed by atoms with Gasteiger partial charge >= 0.3 is 5.97 Å². The molecule has 2 saturated heterocycles. The molecule has 556 valence electrons. The second kappa shape index (κ2) is 41.5. The van der Waals surface area contributed by atoms with Crippen molar-refractivity contribution in [2.24, 2.45) is 47.3 Å². The van der Waals surface area contributed by atoms with Gasteiger partial charge in [0.05, 0.1) is 38.6 Å². The highest BCUT2D eigenvalue weighted by molar-refractivity contribution is 6.00. The molecule has 9 amide bonds. The summed E-state index contributed by atoms with van der Waals surface area (Å²) in [5, 5.41) is 20.3. The fraction of sp³-hybridized carbons (Fsp3) is 0.831. The molecule has 0 aromatic rings. The first-order chi connectivity index (χ1) is 45.2. The van der Waals surface area contributed by atoms with E-state index in [1.807, 2.05) is 41.5 Å². The molecule has 2 heterocycles. The van der Waals surface area contributed by atoms with E-state index in [0.29, 0.717) is 19.6 Å². The zero-order valence-electron chi connectivity index (χ0n) is 63.2. The van der Waals surface area contributed by atoms with E-state index in [2.05, 4.69) is 20.9 Å². The lowest BCUT2D eigenvalue weighted by Crippen LogP contribution is -2.63. The van der Waals surface area contributed by atoms with E-state index in [1.165, 1.54) is 87.7 Å². The molecule has 0 radical (unpaired) electrons. The summed E-state index contributed by atoms with van der Waals surface area (Å²) in [6, 6.07) is -11.6. The lowest BCUT2D eigenvalue weighted by Gasteiger charge is -2.40. The Hall–Kier alpha value is -6.12. The van der Waals surface area contributed by atoms with Gasteiger partial charge in [0.25, 0.3) is 0 Å². The number of rotatable bonds is 22. The number of unbranched alkanes of at least 4 members (excludes halogenated alkanes) is 1. The zero-order valence-corrected chi connectivity index (χ0v) is 63.2. The normalized spacial score (nSPS) is 27.1. The van der Waals surface area contributed by atoms with Crippen molar-refractivity contribution in [3.63, 3.8) is 0 Å². The average Bonchev–Trinajstić information content (AvgIpc) is 0.820. The number of ketones is 2. The zero-order chi connectivity index (χ0) is 74.2. The van der Waals surface area contributed by atoms with Crippen LogP contribution in [0.25, 0.3) is 0 Å². The van der Waals surface area contributed by atoms with Crippen molar-refractivity contribution < 1.29 is 76.9 Å². The number of ether oxygens (including phenoxy) is 3. The first kappa shape index (κ1) is 87.0. The number of carbonyl (C=O) groups is 12. The standard InChI is InChI=1S/C71H126N10O16/c1-24-52-69(92)75(17)49(15)67(90)80(22)61(50(16)97-33-26-25-30-81-31-34-96-35-32-81)57(83)40-51(44(8)9)68(91)76(18)53(36-41(2)3)56(82)39-47(13)63(86)72-48(14)66(89)77(19)54(37-42(4)5)70(93)78(20)55(38-43(6)7)71(94)79(21)60(45(10)11)65(88)74-59(64(87)73-52)62(85)46(12)28-27-29-58(84)95-23/h41-55,59-62,85H,24-40H2,1-23H3,(H,72,86)(H,73,87)(H,74,88)/t46-,47-,48-,49-,50-,51+,52+,53+,54+,55+,59+,60+,61+,62-/m1/s1. The van der Waals surface area contributed by atoms with Crippen molar-refractivity contribution in [1.29, 1.82) is 0 Å². The summed E-state index contributed by atoms with van der Waals surface area (Å²) in [5.74, 6) is -12.1. The molecule has 2 fully saturated rings. The monoisotopic (exact) mass is 1370 g/mol. The van der Waals surface area contributed by atoms with Crippen LogP contribution >= 0.6 is 0 Å². The predicted molar refractivity (Wildman–Crippen MR) is 370 cm³/mol. The van der Waals surface area contributed by atoms with Gasteiger partial charge in [-0.2, -0.15) is 0 Å². The summed E-state index contributed by atoms with van der Waals surface area (Å²) >= 11 is 0. The molecule has 26 heteroatoms.